The van der Waals surface area contributed by atoms with E-state index in [0.717, 1.165) is 12.8 Å². The van der Waals surface area contributed by atoms with Crippen LogP contribution in [-0.4, -0.2) is 34.1 Å². The Bertz CT molecular complexity index is 581. The van der Waals surface area contributed by atoms with Crippen molar-refractivity contribution in [2.75, 3.05) is 11.9 Å². The van der Waals surface area contributed by atoms with E-state index in [0.29, 0.717) is 22.2 Å². The molecule has 0 saturated carbocycles. The summed E-state index contributed by atoms with van der Waals surface area (Å²) < 4.78 is 13.6. The topological polar surface area (TPSA) is 69.6 Å². The van der Waals surface area contributed by atoms with Gasteiger partial charge >= 0.3 is 12.0 Å². The van der Waals surface area contributed by atoms with E-state index >= 15 is 0 Å². The molecule has 2 N–H and O–H groups in total. The summed E-state index contributed by atoms with van der Waals surface area (Å²) in [6, 6.07) is 3.56. The van der Waals surface area contributed by atoms with Crippen LogP contribution in [0.5, 0.6) is 0 Å². The molecule has 1 saturated heterocycles. The van der Waals surface area contributed by atoms with E-state index in [4.69, 9.17) is 0 Å². The smallest absolute Gasteiger partial charge is 0.329 e. The third-order valence-electron chi connectivity index (χ3n) is 3.77. The number of carbonyl (C=O) groups is 2. The summed E-state index contributed by atoms with van der Waals surface area (Å²) >= 11 is 1.92. The van der Waals surface area contributed by atoms with Gasteiger partial charge in [0.2, 0.25) is 0 Å². The van der Waals surface area contributed by atoms with E-state index < -0.39 is 17.5 Å². The highest BCUT2D eigenvalue weighted by Crippen LogP contribution is 2.29. The molecule has 1 aliphatic heterocycles. The van der Waals surface area contributed by atoms with E-state index in [1.165, 1.54) is 23.1 Å². The van der Waals surface area contributed by atoms with E-state index in [2.05, 4.69) is 5.32 Å². The molecule has 21 heavy (non-hydrogen) atoms. The maximum atomic E-state index is 13.1. The van der Waals surface area contributed by atoms with Crippen molar-refractivity contribution in [3.8, 4) is 0 Å². The Morgan fingerprint density at radius 2 is 2.14 bits per heavy atom. The molecular formula is C14H16FIN2O3. The van der Waals surface area contributed by atoms with Crippen molar-refractivity contribution < 1.29 is 19.1 Å². The number of carboxylic acid groups (broad SMARTS) is 1. The lowest BCUT2D eigenvalue weighted by atomic mass is 9.89. The zero-order valence-electron chi connectivity index (χ0n) is 11.5. The molecule has 1 atom stereocenters. The first kappa shape index (κ1) is 16.0. The number of piperidine rings is 1. The van der Waals surface area contributed by atoms with Crippen LogP contribution in [0.1, 0.15) is 26.2 Å². The number of carboxylic acids is 1. The molecule has 0 radical (unpaired) electrons. The minimum absolute atomic E-state index is 0.384. The lowest BCUT2D eigenvalue weighted by molar-refractivity contribution is -0.150. The van der Waals surface area contributed by atoms with Gasteiger partial charge in [0.1, 0.15) is 11.4 Å². The average molecular weight is 406 g/mol. The molecule has 1 heterocycles. The van der Waals surface area contributed by atoms with Crippen molar-refractivity contribution in [1.29, 1.82) is 0 Å². The van der Waals surface area contributed by atoms with Crippen LogP contribution in [0.15, 0.2) is 18.2 Å². The fourth-order valence-electron chi connectivity index (χ4n) is 2.44. The van der Waals surface area contributed by atoms with Crippen molar-refractivity contribution >= 4 is 40.3 Å². The lowest BCUT2D eigenvalue weighted by Crippen LogP contribution is -2.58. The lowest BCUT2D eigenvalue weighted by Gasteiger charge is -2.41. The molecule has 0 aliphatic carbocycles. The number of amides is 2. The number of rotatable bonds is 2. The van der Waals surface area contributed by atoms with Gasteiger partial charge in [-0.25, -0.2) is 14.0 Å². The summed E-state index contributed by atoms with van der Waals surface area (Å²) in [6.07, 6.45) is 1.98. The Hall–Kier alpha value is -1.38. The SMILES string of the molecule is CC1(C(=O)O)CCCCN1C(=O)Nc1ccc(F)cc1I. The van der Waals surface area contributed by atoms with Gasteiger partial charge in [-0.3, -0.25) is 0 Å². The normalized spacial score (nSPS) is 22.0. The Balaban J connectivity index is 2.20. The first-order valence-corrected chi connectivity index (χ1v) is 7.69. The van der Waals surface area contributed by atoms with Crippen molar-refractivity contribution in [1.82, 2.24) is 4.90 Å². The molecule has 0 spiro atoms. The fourth-order valence-corrected chi connectivity index (χ4v) is 3.05. The Morgan fingerprint density at radius 1 is 1.43 bits per heavy atom. The molecule has 114 valence electrons. The van der Waals surface area contributed by atoms with Crippen LogP contribution < -0.4 is 5.32 Å². The highest BCUT2D eigenvalue weighted by atomic mass is 127. The van der Waals surface area contributed by atoms with E-state index in [-0.39, 0.29) is 5.82 Å². The van der Waals surface area contributed by atoms with E-state index in [1.807, 2.05) is 22.6 Å². The van der Waals surface area contributed by atoms with Gasteiger partial charge in [0.15, 0.2) is 0 Å². The summed E-state index contributed by atoms with van der Waals surface area (Å²) in [5, 5.41) is 12.1. The molecule has 1 aliphatic rings. The predicted molar refractivity (Wildman–Crippen MR) is 84.7 cm³/mol. The minimum Gasteiger partial charge on any atom is -0.480 e. The summed E-state index contributed by atoms with van der Waals surface area (Å²) in [4.78, 5) is 25.2. The standard InChI is InChI=1S/C14H16FIN2O3/c1-14(12(19)20)6-2-3-7-18(14)13(21)17-11-5-4-9(15)8-10(11)16/h4-5,8H,2-3,6-7H2,1H3,(H,17,21)(H,19,20). The van der Waals surface area contributed by atoms with Gasteiger partial charge in [0.25, 0.3) is 0 Å². The van der Waals surface area contributed by atoms with Gasteiger partial charge < -0.3 is 15.3 Å². The zero-order valence-corrected chi connectivity index (χ0v) is 13.7. The molecule has 1 unspecified atom stereocenters. The summed E-state index contributed by atoms with van der Waals surface area (Å²) in [5.41, 5.74) is -0.728. The second-order valence-electron chi connectivity index (χ2n) is 5.24. The number of likely N-dealkylation sites (tertiary alicyclic amines) is 1. The van der Waals surface area contributed by atoms with E-state index in [1.54, 1.807) is 6.92 Å². The second kappa shape index (κ2) is 6.17. The summed E-state index contributed by atoms with van der Waals surface area (Å²) in [5.74, 6) is -1.39. The zero-order chi connectivity index (χ0) is 15.6. The van der Waals surface area contributed by atoms with Gasteiger partial charge in [0.05, 0.1) is 5.69 Å². The van der Waals surface area contributed by atoms with Crippen LogP contribution in [0.4, 0.5) is 14.9 Å². The van der Waals surface area contributed by atoms with E-state index in [9.17, 15) is 19.1 Å². The molecule has 2 rings (SSSR count). The quantitative estimate of drug-likeness (QED) is 0.741. The number of nitrogens with zero attached hydrogens (tertiary/aromatic N) is 1. The van der Waals surface area contributed by atoms with Crippen LogP contribution in [0.3, 0.4) is 0 Å². The Kier molecular flexibility index (Phi) is 4.70. The number of hydrogen-bond donors (Lipinski definition) is 2. The van der Waals surface area contributed by atoms with Crippen LogP contribution in [0, 0.1) is 9.39 Å². The molecule has 0 bridgehead atoms. The third kappa shape index (κ3) is 3.28. The molecule has 7 heteroatoms. The van der Waals surface area contributed by atoms with Crippen molar-refractivity contribution in [2.45, 2.75) is 31.7 Å². The van der Waals surface area contributed by atoms with Gasteiger partial charge in [-0.1, -0.05) is 0 Å². The number of halogens is 2. The number of benzene rings is 1. The van der Waals surface area contributed by atoms with Crippen molar-refractivity contribution in [2.24, 2.45) is 0 Å². The van der Waals surface area contributed by atoms with Crippen LogP contribution in [0.25, 0.3) is 0 Å². The number of hydrogen-bond acceptors (Lipinski definition) is 2. The van der Waals surface area contributed by atoms with Crippen LogP contribution >= 0.6 is 22.6 Å². The predicted octanol–water partition coefficient (Wildman–Crippen LogP) is 3.29. The Morgan fingerprint density at radius 3 is 2.76 bits per heavy atom. The molecule has 1 fully saturated rings. The number of nitrogens with one attached hydrogen (secondary N) is 1. The molecule has 2 amide bonds. The summed E-state index contributed by atoms with van der Waals surface area (Å²) in [6.45, 7) is 1.95. The highest BCUT2D eigenvalue weighted by molar-refractivity contribution is 14.1. The van der Waals surface area contributed by atoms with Crippen LogP contribution in [-0.2, 0) is 4.79 Å². The number of carbonyl (C=O) groups excluding carboxylic acids is 1. The molecule has 1 aromatic carbocycles. The third-order valence-corrected chi connectivity index (χ3v) is 4.66. The molecule has 1 aromatic rings. The molecule has 5 nitrogen and oxygen atoms in total. The average Bonchev–Trinajstić information content (AvgIpc) is 2.42. The highest BCUT2D eigenvalue weighted by Gasteiger charge is 2.44. The van der Waals surface area contributed by atoms with Gasteiger partial charge in [0, 0.05) is 10.1 Å². The first-order valence-electron chi connectivity index (χ1n) is 6.61. The molecule has 0 aromatic heterocycles. The number of anilines is 1. The Labute approximate surface area is 135 Å². The van der Waals surface area contributed by atoms with Gasteiger partial charge in [-0.2, -0.15) is 0 Å². The van der Waals surface area contributed by atoms with Gasteiger partial charge in [-0.05, 0) is 67.0 Å². The number of urea groups is 1. The largest absolute Gasteiger partial charge is 0.480 e. The minimum atomic E-state index is -1.20. The number of aliphatic carboxylic acids is 1. The maximum absolute atomic E-state index is 13.1. The molecular weight excluding hydrogens is 390 g/mol. The van der Waals surface area contributed by atoms with Gasteiger partial charge in [-0.15, -0.1) is 0 Å². The first-order chi connectivity index (χ1) is 9.84. The van der Waals surface area contributed by atoms with Crippen molar-refractivity contribution in [3.05, 3.63) is 27.6 Å². The van der Waals surface area contributed by atoms with Crippen LogP contribution in [0.2, 0.25) is 0 Å². The fraction of sp³-hybridized carbons (Fsp3) is 0.429. The second-order valence-corrected chi connectivity index (χ2v) is 6.40. The van der Waals surface area contributed by atoms with Crippen molar-refractivity contribution in [3.63, 3.8) is 0 Å². The maximum Gasteiger partial charge on any atom is 0.329 e. The monoisotopic (exact) mass is 406 g/mol. The summed E-state index contributed by atoms with van der Waals surface area (Å²) in [7, 11) is 0.